The number of H-pyrrole nitrogens is 1. The summed E-state index contributed by atoms with van der Waals surface area (Å²) in [5.41, 5.74) is 11.3. The van der Waals surface area contributed by atoms with Crippen LogP contribution < -0.4 is 0 Å². The second-order valence-corrected chi connectivity index (χ2v) is 13.3. The third-order valence-corrected chi connectivity index (χ3v) is 10.6. The Kier molecular flexibility index (Phi) is 5.70. The highest BCUT2D eigenvalue weighted by Gasteiger charge is 2.18. The van der Waals surface area contributed by atoms with Gasteiger partial charge >= 0.3 is 0 Å². The van der Waals surface area contributed by atoms with Crippen molar-refractivity contribution in [2.45, 2.75) is 0 Å². The average molecular weight is 636 g/mol. The van der Waals surface area contributed by atoms with E-state index in [1.54, 1.807) is 0 Å². The van der Waals surface area contributed by atoms with E-state index in [-0.39, 0.29) is 0 Å². The molecule has 0 saturated carbocycles. The van der Waals surface area contributed by atoms with Crippen molar-refractivity contribution in [2.75, 3.05) is 0 Å². The van der Waals surface area contributed by atoms with Crippen LogP contribution in [0, 0.1) is 0 Å². The fraction of sp³-hybridized carbons (Fsp3) is 0. The first-order valence-electron chi connectivity index (χ1n) is 17.2. The predicted molar refractivity (Wildman–Crippen MR) is 212 cm³/mol. The number of furan rings is 1. The van der Waals surface area contributed by atoms with E-state index >= 15 is 0 Å². The second-order valence-electron chi connectivity index (χ2n) is 13.3. The molecule has 50 heavy (non-hydrogen) atoms. The molecule has 0 aliphatic heterocycles. The molecular weight excluding hydrogens is 607 g/mol. The van der Waals surface area contributed by atoms with Crippen molar-refractivity contribution >= 4 is 76.1 Å². The molecule has 11 aromatic rings. The summed E-state index contributed by atoms with van der Waals surface area (Å²) < 4.78 is 6.56. The molecule has 0 radical (unpaired) electrons. The van der Waals surface area contributed by atoms with Crippen LogP contribution in [0.15, 0.2) is 174 Å². The number of rotatable bonds is 3. The van der Waals surface area contributed by atoms with Crippen LogP contribution in [-0.2, 0) is 0 Å². The predicted octanol–water partition coefficient (Wildman–Crippen LogP) is 13.7. The normalized spacial score (nSPS) is 12.0. The van der Waals surface area contributed by atoms with Gasteiger partial charge in [0.05, 0.1) is 5.52 Å². The number of hydrogen-bond acceptors (Lipinski definition) is 1. The Morgan fingerprint density at radius 3 is 1.66 bits per heavy atom. The van der Waals surface area contributed by atoms with Gasteiger partial charge in [0.1, 0.15) is 5.58 Å². The van der Waals surface area contributed by atoms with Gasteiger partial charge < -0.3 is 9.40 Å². The molecule has 232 valence electrons. The van der Waals surface area contributed by atoms with Gasteiger partial charge in [0, 0.05) is 27.1 Å². The summed E-state index contributed by atoms with van der Waals surface area (Å²) in [4.78, 5) is 3.70. The molecule has 2 heteroatoms. The Morgan fingerprint density at radius 2 is 0.920 bits per heavy atom. The summed E-state index contributed by atoms with van der Waals surface area (Å²) in [7, 11) is 0. The van der Waals surface area contributed by atoms with Crippen molar-refractivity contribution in [3.05, 3.63) is 170 Å². The number of hydrogen-bond donors (Lipinski definition) is 1. The van der Waals surface area contributed by atoms with Gasteiger partial charge in [-0.15, -0.1) is 0 Å². The Bertz CT molecular complexity index is 3090. The number of benzene rings is 9. The monoisotopic (exact) mass is 635 g/mol. The van der Waals surface area contributed by atoms with Gasteiger partial charge in [-0.25, -0.2) is 0 Å². The summed E-state index contributed by atoms with van der Waals surface area (Å²) in [6, 6.07) is 61.6. The van der Waals surface area contributed by atoms with Crippen LogP contribution in [-0.4, -0.2) is 4.98 Å². The van der Waals surface area contributed by atoms with E-state index < -0.39 is 0 Å². The molecule has 2 aromatic heterocycles. The number of nitrogens with one attached hydrogen (secondary N) is 1. The van der Waals surface area contributed by atoms with E-state index in [9.17, 15) is 0 Å². The topological polar surface area (TPSA) is 28.9 Å². The van der Waals surface area contributed by atoms with Gasteiger partial charge in [-0.1, -0.05) is 133 Å². The van der Waals surface area contributed by atoms with Crippen molar-refractivity contribution in [3.63, 3.8) is 0 Å². The van der Waals surface area contributed by atoms with Crippen molar-refractivity contribution in [3.8, 4) is 33.4 Å². The first kappa shape index (κ1) is 27.3. The zero-order valence-electron chi connectivity index (χ0n) is 27.1. The zero-order valence-corrected chi connectivity index (χ0v) is 27.1. The maximum atomic E-state index is 6.56. The van der Waals surface area contributed by atoms with E-state index in [2.05, 4.69) is 175 Å². The third kappa shape index (κ3) is 3.96. The lowest BCUT2D eigenvalue weighted by Gasteiger charge is -2.18. The summed E-state index contributed by atoms with van der Waals surface area (Å²) >= 11 is 0. The van der Waals surface area contributed by atoms with Gasteiger partial charge in [0.2, 0.25) is 0 Å². The van der Waals surface area contributed by atoms with Gasteiger partial charge in [-0.3, -0.25) is 0 Å². The largest absolute Gasteiger partial charge is 0.454 e. The molecule has 2 heterocycles. The van der Waals surface area contributed by atoms with E-state index in [4.69, 9.17) is 4.42 Å². The minimum atomic E-state index is 0.908. The third-order valence-electron chi connectivity index (χ3n) is 10.6. The number of aromatic amines is 1. The van der Waals surface area contributed by atoms with Gasteiger partial charge in [0.15, 0.2) is 5.58 Å². The van der Waals surface area contributed by atoms with Crippen LogP contribution in [0.2, 0.25) is 0 Å². The molecule has 9 aromatic carbocycles. The summed E-state index contributed by atoms with van der Waals surface area (Å²) in [6.07, 6.45) is 0. The molecular formula is C48H29NO. The molecule has 1 N–H and O–H groups in total. The highest BCUT2D eigenvalue weighted by Crippen LogP contribution is 2.45. The molecule has 0 aliphatic carbocycles. The van der Waals surface area contributed by atoms with Crippen LogP contribution in [0.5, 0.6) is 0 Å². The molecule has 0 fully saturated rings. The van der Waals surface area contributed by atoms with Crippen molar-refractivity contribution < 1.29 is 4.42 Å². The van der Waals surface area contributed by atoms with Crippen molar-refractivity contribution in [1.29, 1.82) is 0 Å². The highest BCUT2D eigenvalue weighted by atomic mass is 16.3. The van der Waals surface area contributed by atoms with Gasteiger partial charge in [-0.2, -0.15) is 0 Å². The van der Waals surface area contributed by atoms with Gasteiger partial charge in [0.25, 0.3) is 0 Å². The molecule has 11 rings (SSSR count). The standard InChI is InChI=1S/C48H29NO/c1-2-11-29(12-3-1)45-35-17-6-8-19-37(35)46(38-20-9-7-18-36(38)45)34-16-10-15-30(25-34)33-21-24-43-41(26-33)39-22-23-40-42-27-31-13-4-5-14-32(31)28-44(42)50-48(40)47(39)49-43/h1-28,49H. The first-order chi connectivity index (χ1) is 24.8. The van der Waals surface area contributed by atoms with Crippen LogP contribution in [0.25, 0.3) is 109 Å². The molecule has 0 atom stereocenters. The van der Waals surface area contributed by atoms with Crippen molar-refractivity contribution in [2.24, 2.45) is 0 Å². The van der Waals surface area contributed by atoms with Crippen LogP contribution in [0.3, 0.4) is 0 Å². The van der Waals surface area contributed by atoms with Crippen LogP contribution in [0.1, 0.15) is 0 Å². The maximum absolute atomic E-state index is 6.56. The van der Waals surface area contributed by atoms with Crippen LogP contribution in [0.4, 0.5) is 0 Å². The lowest BCUT2D eigenvalue weighted by Crippen LogP contribution is -1.91. The Balaban J connectivity index is 1.09. The zero-order chi connectivity index (χ0) is 32.8. The Morgan fingerprint density at radius 1 is 0.340 bits per heavy atom. The first-order valence-corrected chi connectivity index (χ1v) is 17.2. The highest BCUT2D eigenvalue weighted by molar-refractivity contribution is 6.23. The van der Waals surface area contributed by atoms with E-state index in [1.807, 2.05) is 0 Å². The van der Waals surface area contributed by atoms with Crippen LogP contribution >= 0.6 is 0 Å². The molecule has 2 nitrogen and oxygen atoms in total. The lowest BCUT2D eigenvalue weighted by atomic mass is 9.85. The Hall–Kier alpha value is -6.64. The fourth-order valence-electron chi connectivity index (χ4n) is 8.27. The van der Waals surface area contributed by atoms with E-state index in [1.165, 1.54) is 76.5 Å². The Labute approximate surface area is 287 Å². The maximum Gasteiger partial charge on any atom is 0.159 e. The molecule has 0 bridgehead atoms. The molecule has 0 spiro atoms. The minimum absolute atomic E-state index is 0.908. The minimum Gasteiger partial charge on any atom is -0.454 e. The van der Waals surface area contributed by atoms with E-state index in [0.717, 1.165) is 33.0 Å². The number of aromatic nitrogens is 1. The number of fused-ring (bicyclic) bond motifs is 10. The lowest BCUT2D eigenvalue weighted by molar-refractivity contribution is 0.672. The SMILES string of the molecule is c1ccc(-c2c3ccccc3c(-c3cccc(-c4ccc5[nH]c6c(ccc7c8cc9ccccc9cc8oc76)c5c4)c3)c3ccccc23)cc1. The molecule has 0 saturated heterocycles. The summed E-state index contributed by atoms with van der Waals surface area (Å²) in [5.74, 6) is 0. The second kappa shape index (κ2) is 10.4. The molecule has 0 unspecified atom stereocenters. The smallest absolute Gasteiger partial charge is 0.159 e. The average Bonchev–Trinajstić information content (AvgIpc) is 3.74. The molecule has 0 amide bonds. The quantitative estimate of drug-likeness (QED) is 0.192. The molecule has 0 aliphatic rings. The van der Waals surface area contributed by atoms with Crippen molar-refractivity contribution in [1.82, 2.24) is 4.98 Å². The van der Waals surface area contributed by atoms with Gasteiger partial charge in [-0.05, 0) is 102 Å². The summed E-state index contributed by atoms with van der Waals surface area (Å²) in [5, 5.41) is 12.1. The fourth-order valence-corrected chi connectivity index (χ4v) is 8.27. The summed E-state index contributed by atoms with van der Waals surface area (Å²) in [6.45, 7) is 0. The van der Waals surface area contributed by atoms with E-state index in [0.29, 0.717) is 0 Å².